The SMILES string of the molecule is CSc1nn(C(=O)c2cnn(-c3ccc(S(N)(=O)=O)cc3)c2N)c(N)c1C#N. The van der Waals surface area contributed by atoms with Crippen molar-refractivity contribution in [3.05, 3.63) is 41.6 Å². The molecule has 0 aliphatic heterocycles. The number of benzene rings is 1. The Morgan fingerprint density at radius 2 is 1.86 bits per heavy atom. The molecule has 3 rings (SSSR count). The van der Waals surface area contributed by atoms with Gasteiger partial charge in [-0.05, 0) is 30.5 Å². The summed E-state index contributed by atoms with van der Waals surface area (Å²) in [5, 5.41) is 22.7. The number of thioether (sulfide) groups is 1. The molecule has 0 saturated carbocycles. The number of carbonyl (C=O) groups is 1. The van der Waals surface area contributed by atoms with E-state index in [0.29, 0.717) is 10.7 Å². The highest BCUT2D eigenvalue weighted by Gasteiger charge is 2.24. The van der Waals surface area contributed by atoms with Crippen molar-refractivity contribution < 1.29 is 13.2 Å². The molecule has 2 heterocycles. The van der Waals surface area contributed by atoms with Crippen LogP contribution in [0.1, 0.15) is 15.9 Å². The fraction of sp³-hybridized carbons (Fsp3) is 0.0667. The number of hydrogen-bond acceptors (Lipinski definition) is 9. The van der Waals surface area contributed by atoms with Crippen molar-refractivity contribution in [2.75, 3.05) is 17.7 Å². The molecule has 0 saturated heterocycles. The smallest absolute Gasteiger partial charge is 0.285 e. The van der Waals surface area contributed by atoms with E-state index < -0.39 is 15.9 Å². The fourth-order valence-corrected chi connectivity index (χ4v) is 3.47. The zero-order valence-electron chi connectivity index (χ0n) is 14.4. The third-order valence-electron chi connectivity index (χ3n) is 3.83. The number of rotatable bonds is 4. The Kier molecular flexibility index (Phi) is 4.86. The van der Waals surface area contributed by atoms with Crippen molar-refractivity contribution >= 4 is 39.3 Å². The Hall–Kier alpha value is -3.34. The lowest BCUT2D eigenvalue weighted by molar-refractivity contribution is 0.0947. The second kappa shape index (κ2) is 7.00. The standard InChI is InChI=1S/C15H14N8O3S2/c1-27-14-10(6-16)12(17)23(21-14)15(24)11-7-20-22(13(11)18)8-2-4-9(5-3-8)28(19,25)26/h2-5,7H,17-18H2,1H3,(H2,19,25,26). The molecule has 13 heteroatoms. The van der Waals surface area contributed by atoms with E-state index >= 15 is 0 Å². The molecule has 0 amide bonds. The summed E-state index contributed by atoms with van der Waals surface area (Å²) < 4.78 is 24.8. The molecular weight excluding hydrogens is 404 g/mol. The molecule has 0 fully saturated rings. The largest absolute Gasteiger partial charge is 0.383 e. The average Bonchev–Trinajstić information content (AvgIpc) is 3.20. The van der Waals surface area contributed by atoms with Crippen LogP contribution >= 0.6 is 11.8 Å². The van der Waals surface area contributed by atoms with E-state index in [1.165, 1.54) is 46.9 Å². The topological polar surface area (TPSA) is 189 Å². The van der Waals surface area contributed by atoms with Crippen LogP contribution in [0.25, 0.3) is 5.69 Å². The number of nitrogen functional groups attached to an aromatic ring is 2. The number of sulfonamides is 1. The Morgan fingerprint density at radius 1 is 1.21 bits per heavy atom. The van der Waals surface area contributed by atoms with Crippen molar-refractivity contribution in [3.63, 3.8) is 0 Å². The van der Waals surface area contributed by atoms with E-state index in [4.69, 9.17) is 16.6 Å². The number of primary sulfonamides is 1. The maximum atomic E-state index is 12.8. The normalized spacial score (nSPS) is 11.3. The first-order valence-electron chi connectivity index (χ1n) is 7.53. The molecule has 6 N–H and O–H groups in total. The molecule has 2 aromatic heterocycles. The quantitative estimate of drug-likeness (QED) is 0.496. The van der Waals surface area contributed by atoms with Gasteiger partial charge in [-0.2, -0.15) is 20.1 Å². The fourth-order valence-electron chi connectivity index (χ4n) is 2.43. The van der Waals surface area contributed by atoms with Gasteiger partial charge in [0.25, 0.3) is 5.91 Å². The van der Waals surface area contributed by atoms with Gasteiger partial charge in [-0.1, -0.05) is 0 Å². The molecule has 144 valence electrons. The van der Waals surface area contributed by atoms with Crippen LogP contribution < -0.4 is 16.6 Å². The van der Waals surface area contributed by atoms with Gasteiger partial charge in [-0.15, -0.1) is 11.8 Å². The Labute approximate surface area is 163 Å². The predicted molar refractivity (Wildman–Crippen MR) is 102 cm³/mol. The maximum Gasteiger partial charge on any atom is 0.285 e. The molecule has 1 aromatic carbocycles. The molecule has 0 radical (unpaired) electrons. The number of aromatic nitrogens is 4. The summed E-state index contributed by atoms with van der Waals surface area (Å²) >= 11 is 1.18. The number of hydrogen-bond donors (Lipinski definition) is 3. The lowest BCUT2D eigenvalue weighted by Crippen LogP contribution is -2.17. The maximum absolute atomic E-state index is 12.8. The third-order valence-corrected chi connectivity index (χ3v) is 5.43. The summed E-state index contributed by atoms with van der Waals surface area (Å²) in [5.41, 5.74) is 12.4. The molecule has 0 aliphatic carbocycles. The van der Waals surface area contributed by atoms with Gasteiger partial charge in [0.05, 0.1) is 16.8 Å². The lowest BCUT2D eigenvalue weighted by Gasteiger charge is -2.06. The first-order valence-corrected chi connectivity index (χ1v) is 10.3. The molecule has 0 bridgehead atoms. The highest BCUT2D eigenvalue weighted by atomic mass is 32.2. The van der Waals surface area contributed by atoms with Gasteiger partial charge in [-0.3, -0.25) is 4.79 Å². The molecule has 0 spiro atoms. The van der Waals surface area contributed by atoms with Gasteiger partial charge in [0.2, 0.25) is 10.0 Å². The number of anilines is 2. The van der Waals surface area contributed by atoms with Gasteiger partial charge in [0.1, 0.15) is 33.9 Å². The number of nitrogens with two attached hydrogens (primary N) is 3. The molecule has 0 aliphatic rings. The average molecular weight is 418 g/mol. The Morgan fingerprint density at radius 3 is 2.36 bits per heavy atom. The highest BCUT2D eigenvalue weighted by Crippen LogP contribution is 2.26. The second-order valence-electron chi connectivity index (χ2n) is 5.49. The van der Waals surface area contributed by atoms with Crippen molar-refractivity contribution in [1.82, 2.24) is 19.6 Å². The zero-order chi connectivity index (χ0) is 20.6. The van der Waals surface area contributed by atoms with Gasteiger partial charge >= 0.3 is 0 Å². The van der Waals surface area contributed by atoms with Crippen molar-refractivity contribution in [2.45, 2.75) is 9.92 Å². The van der Waals surface area contributed by atoms with Crippen LogP contribution in [0.3, 0.4) is 0 Å². The number of nitriles is 1. The Bertz CT molecular complexity index is 1220. The van der Waals surface area contributed by atoms with Gasteiger partial charge in [0, 0.05) is 0 Å². The minimum atomic E-state index is -3.84. The molecule has 28 heavy (non-hydrogen) atoms. The highest BCUT2D eigenvalue weighted by molar-refractivity contribution is 7.98. The van der Waals surface area contributed by atoms with Crippen LogP contribution in [-0.4, -0.2) is 40.1 Å². The first kappa shape index (κ1) is 19.4. The molecular formula is C15H14N8O3S2. The minimum absolute atomic E-state index is 0.00698. The first-order chi connectivity index (χ1) is 13.2. The zero-order valence-corrected chi connectivity index (χ0v) is 16.0. The number of nitrogens with zero attached hydrogens (tertiary/aromatic N) is 5. The summed E-state index contributed by atoms with van der Waals surface area (Å²) in [6, 6.07) is 7.39. The van der Waals surface area contributed by atoms with E-state index in [1.807, 2.05) is 6.07 Å². The van der Waals surface area contributed by atoms with E-state index in [2.05, 4.69) is 10.2 Å². The van der Waals surface area contributed by atoms with E-state index in [0.717, 1.165) is 4.68 Å². The van der Waals surface area contributed by atoms with Crippen molar-refractivity contribution in [3.8, 4) is 11.8 Å². The van der Waals surface area contributed by atoms with E-state index in [1.54, 1.807) is 6.26 Å². The summed E-state index contributed by atoms with van der Waals surface area (Å²) in [7, 11) is -3.84. The minimum Gasteiger partial charge on any atom is -0.383 e. The van der Waals surface area contributed by atoms with Crippen LogP contribution in [0.4, 0.5) is 11.6 Å². The van der Waals surface area contributed by atoms with Crippen LogP contribution in [0.5, 0.6) is 0 Å². The van der Waals surface area contributed by atoms with Gasteiger partial charge < -0.3 is 11.5 Å². The predicted octanol–water partition coefficient (Wildman–Crippen LogP) is 0.163. The molecule has 0 unspecified atom stereocenters. The Balaban J connectivity index is 2.01. The molecule has 0 atom stereocenters. The summed E-state index contributed by atoms with van der Waals surface area (Å²) in [6.45, 7) is 0. The molecule has 11 nitrogen and oxygen atoms in total. The van der Waals surface area contributed by atoms with E-state index in [-0.39, 0.29) is 27.7 Å². The van der Waals surface area contributed by atoms with Gasteiger partial charge in [-0.25, -0.2) is 18.2 Å². The number of carbonyl (C=O) groups excluding carboxylic acids is 1. The third kappa shape index (κ3) is 3.20. The molecule has 3 aromatic rings. The van der Waals surface area contributed by atoms with Crippen LogP contribution in [0.2, 0.25) is 0 Å². The summed E-state index contributed by atoms with van der Waals surface area (Å²) in [4.78, 5) is 12.7. The van der Waals surface area contributed by atoms with Crippen LogP contribution in [0, 0.1) is 11.3 Å². The van der Waals surface area contributed by atoms with Gasteiger partial charge in [0.15, 0.2) is 0 Å². The van der Waals surface area contributed by atoms with Crippen molar-refractivity contribution in [2.24, 2.45) is 5.14 Å². The summed E-state index contributed by atoms with van der Waals surface area (Å²) in [6.07, 6.45) is 2.94. The monoisotopic (exact) mass is 418 g/mol. The summed E-state index contributed by atoms with van der Waals surface area (Å²) in [5.74, 6) is -0.756. The van der Waals surface area contributed by atoms with E-state index in [9.17, 15) is 18.5 Å². The lowest BCUT2D eigenvalue weighted by atomic mass is 10.3. The van der Waals surface area contributed by atoms with Crippen LogP contribution in [-0.2, 0) is 10.0 Å². The second-order valence-corrected chi connectivity index (χ2v) is 7.85. The van der Waals surface area contributed by atoms with Crippen LogP contribution in [0.15, 0.2) is 40.4 Å². The van der Waals surface area contributed by atoms with Crippen molar-refractivity contribution in [1.29, 1.82) is 5.26 Å².